The fourth-order valence-corrected chi connectivity index (χ4v) is 4.69. The molecule has 0 radical (unpaired) electrons. The maximum atomic E-state index is 12.5. The fraction of sp³-hybridized carbons (Fsp3) is 0.600. The molecule has 2 aliphatic rings. The van der Waals surface area contributed by atoms with Crippen molar-refractivity contribution in [1.29, 1.82) is 0 Å². The Bertz CT molecular complexity index is 608. The van der Waals surface area contributed by atoms with Crippen molar-refractivity contribution in [2.75, 3.05) is 20.3 Å². The predicted molar refractivity (Wildman–Crippen MR) is 78.8 cm³/mol. The van der Waals surface area contributed by atoms with Crippen molar-refractivity contribution < 1.29 is 17.9 Å². The van der Waals surface area contributed by atoms with E-state index < -0.39 is 10.0 Å². The quantitative estimate of drug-likeness (QED) is 0.923. The Kier molecular flexibility index (Phi) is 3.94. The summed E-state index contributed by atoms with van der Waals surface area (Å²) in [4.78, 5) is 0.260. The molecule has 1 N–H and O–H groups in total. The Morgan fingerprint density at radius 1 is 1.29 bits per heavy atom. The third kappa shape index (κ3) is 2.80. The van der Waals surface area contributed by atoms with Crippen LogP contribution in [0.1, 0.15) is 25.7 Å². The molecule has 1 spiro atoms. The van der Waals surface area contributed by atoms with Gasteiger partial charge in [0, 0.05) is 25.3 Å². The summed E-state index contributed by atoms with van der Waals surface area (Å²) in [5, 5.41) is 0. The Balaban J connectivity index is 1.76. The zero-order chi connectivity index (χ0) is 14.9. The number of benzene rings is 1. The second kappa shape index (κ2) is 5.59. The van der Waals surface area contributed by atoms with Crippen molar-refractivity contribution in [2.45, 2.75) is 36.6 Å². The Labute approximate surface area is 125 Å². The van der Waals surface area contributed by atoms with Crippen LogP contribution in [-0.2, 0) is 14.8 Å². The molecule has 0 amide bonds. The number of sulfonamides is 1. The van der Waals surface area contributed by atoms with Crippen molar-refractivity contribution in [1.82, 2.24) is 4.72 Å². The highest BCUT2D eigenvalue weighted by Crippen LogP contribution is 2.49. The molecule has 1 unspecified atom stereocenters. The second-order valence-electron chi connectivity index (χ2n) is 5.87. The van der Waals surface area contributed by atoms with Gasteiger partial charge in [0.2, 0.25) is 10.0 Å². The standard InChI is InChI=1S/C15H21NO4S/c1-19-12-3-2-4-13(11-12)21(17,18)16-14-5-6-15(14)7-9-20-10-8-15/h2-4,11,14,16H,5-10H2,1H3. The molecule has 2 fully saturated rings. The van der Waals surface area contributed by atoms with Gasteiger partial charge in [-0.05, 0) is 43.2 Å². The molecule has 6 heteroatoms. The van der Waals surface area contributed by atoms with E-state index in [1.54, 1.807) is 24.3 Å². The van der Waals surface area contributed by atoms with E-state index in [9.17, 15) is 8.42 Å². The smallest absolute Gasteiger partial charge is 0.240 e. The van der Waals surface area contributed by atoms with Crippen LogP contribution < -0.4 is 9.46 Å². The van der Waals surface area contributed by atoms with E-state index >= 15 is 0 Å². The van der Waals surface area contributed by atoms with Gasteiger partial charge in [-0.1, -0.05) is 6.07 Å². The molecular weight excluding hydrogens is 290 g/mol. The lowest BCUT2D eigenvalue weighted by Gasteiger charge is -2.51. The lowest BCUT2D eigenvalue weighted by atomic mass is 9.60. The minimum atomic E-state index is -3.50. The monoisotopic (exact) mass is 311 g/mol. The van der Waals surface area contributed by atoms with E-state index in [0.717, 1.165) is 38.9 Å². The zero-order valence-corrected chi connectivity index (χ0v) is 13.0. The Morgan fingerprint density at radius 2 is 2.05 bits per heavy atom. The zero-order valence-electron chi connectivity index (χ0n) is 12.2. The number of hydrogen-bond acceptors (Lipinski definition) is 4. The van der Waals surface area contributed by atoms with Crippen LogP contribution in [0.25, 0.3) is 0 Å². The number of hydrogen-bond donors (Lipinski definition) is 1. The summed E-state index contributed by atoms with van der Waals surface area (Å²) in [5.74, 6) is 0.548. The maximum Gasteiger partial charge on any atom is 0.240 e. The van der Waals surface area contributed by atoms with Crippen molar-refractivity contribution in [3.8, 4) is 5.75 Å². The van der Waals surface area contributed by atoms with Crippen molar-refractivity contribution >= 4 is 10.0 Å². The van der Waals surface area contributed by atoms with E-state index in [4.69, 9.17) is 9.47 Å². The van der Waals surface area contributed by atoms with Gasteiger partial charge in [-0.25, -0.2) is 13.1 Å². The number of nitrogens with one attached hydrogen (secondary N) is 1. The van der Waals surface area contributed by atoms with Crippen LogP contribution >= 0.6 is 0 Å². The van der Waals surface area contributed by atoms with Gasteiger partial charge in [0.15, 0.2) is 0 Å². The molecule has 1 aromatic carbocycles. The van der Waals surface area contributed by atoms with Crippen molar-refractivity contribution in [3.05, 3.63) is 24.3 Å². The predicted octanol–water partition coefficient (Wildman–Crippen LogP) is 1.93. The normalized spacial score (nSPS) is 24.5. The van der Waals surface area contributed by atoms with Crippen LogP contribution in [0.15, 0.2) is 29.2 Å². The maximum absolute atomic E-state index is 12.5. The summed E-state index contributed by atoms with van der Waals surface area (Å²) in [6.07, 6.45) is 3.88. The van der Waals surface area contributed by atoms with Gasteiger partial charge >= 0.3 is 0 Å². The first kappa shape index (κ1) is 14.8. The molecule has 3 rings (SSSR count). The van der Waals surface area contributed by atoms with Crippen LogP contribution in [0.2, 0.25) is 0 Å². The summed E-state index contributed by atoms with van der Waals surface area (Å²) in [5.41, 5.74) is 0.101. The van der Waals surface area contributed by atoms with Gasteiger partial charge < -0.3 is 9.47 Å². The van der Waals surface area contributed by atoms with Crippen LogP contribution in [-0.4, -0.2) is 34.8 Å². The molecular formula is C15H21NO4S. The molecule has 1 aromatic rings. The highest BCUT2D eigenvalue weighted by atomic mass is 32.2. The molecule has 1 saturated carbocycles. The number of rotatable bonds is 4. The van der Waals surface area contributed by atoms with Crippen LogP contribution in [0.5, 0.6) is 5.75 Å². The molecule has 1 aliphatic carbocycles. The molecule has 1 atom stereocenters. The highest BCUT2D eigenvalue weighted by molar-refractivity contribution is 7.89. The van der Waals surface area contributed by atoms with E-state index in [-0.39, 0.29) is 16.4 Å². The highest BCUT2D eigenvalue weighted by Gasteiger charge is 2.48. The molecule has 1 saturated heterocycles. The summed E-state index contributed by atoms with van der Waals surface area (Å²) in [6.45, 7) is 1.47. The van der Waals surface area contributed by atoms with Gasteiger partial charge in [0.25, 0.3) is 0 Å². The first-order valence-corrected chi connectivity index (χ1v) is 8.78. The topological polar surface area (TPSA) is 64.6 Å². The lowest BCUT2D eigenvalue weighted by Crippen LogP contribution is -2.57. The summed E-state index contributed by atoms with van der Waals surface area (Å²) >= 11 is 0. The van der Waals surface area contributed by atoms with Gasteiger partial charge in [-0.2, -0.15) is 0 Å². The minimum Gasteiger partial charge on any atom is -0.497 e. The summed E-state index contributed by atoms with van der Waals surface area (Å²) in [7, 11) is -1.97. The van der Waals surface area contributed by atoms with E-state index in [1.165, 1.54) is 7.11 Å². The largest absolute Gasteiger partial charge is 0.497 e. The minimum absolute atomic E-state index is 0.0256. The molecule has 1 aliphatic heterocycles. The first-order chi connectivity index (χ1) is 10.1. The summed E-state index contributed by atoms with van der Waals surface area (Å²) < 4.78 is 38.4. The van der Waals surface area contributed by atoms with E-state index in [2.05, 4.69) is 4.72 Å². The van der Waals surface area contributed by atoms with Crippen LogP contribution in [0.3, 0.4) is 0 Å². The Morgan fingerprint density at radius 3 is 2.67 bits per heavy atom. The third-order valence-electron chi connectivity index (χ3n) is 4.81. The van der Waals surface area contributed by atoms with Gasteiger partial charge in [-0.15, -0.1) is 0 Å². The molecule has 0 bridgehead atoms. The van der Waals surface area contributed by atoms with Crippen molar-refractivity contribution in [3.63, 3.8) is 0 Å². The van der Waals surface area contributed by atoms with Gasteiger partial charge in [0.05, 0.1) is 12.0 Å². The summed E-state index contributed by atoms with van der Waals surface area (Å²) in [6, 6.07) is 6.61. The Hall–Kier alpha value is -1.11. The first-order valence-electron chi connectivity index (χ1n) is 7.30. The van der Waals surface area contributed by atoms with Gasteiger partial charge in [-0.3, -0.25) is 0 Å². The van der Waals surface area contributed by atoms with E-state index in [0.29, 0.717) is 5.75 Å². The average molecular weight is 311 g/mol. The SMILES string of the molecule is COc1cccc(S(=O)(=O)NC2CCC23CCOCC3)c1. The number of ether oxygens (including phenoxy) is 2. The van der Waals surface area contributed by atoms with E-state index in [1.807, 2.05) is 0 Å². The van der Waals surface area contributed by atoms with Crippen molar-refractivity contribution in [2.24, 2.45) is 5.41 Å². The van der Waals surface area contributed by atoms with Crippen LogP contribution in [0, 0.1) is 5.41 Å². The average Bonchev–Trinajstić information content (AvgIpc) is 2.52. The third-order valence-corrected chi connectivity index (χ3v) is 6.28. The lowest BCUT2D eigenvalue weighted by molar-refractivity contribution is -0.0483. The fourth-order valence-electron chi connectivity index (χ4n) is 3.28. The number of methoxy groups -OCH3 is 1. The molecule has 116 valence electrons. The molecule has 21 heavy (non-hydrogen) atoms. The van der Waals surface area contributed by atoms with Crippen LogP contribution in [0.4, 0.5) is 0 Å². The molecule has 5 nitrogen and oxygen atoms in total. The molecule has 1 heterocycles. The second-order valence-corrected chi connectivity index (χ2v) is 7.58. The molecule has 0 aromatic heterocycles. The van der Waals surface area contributed by atoms with Gasteiger partial charge in [0.1, 0.15) is 5.75 Å².